The summed E-state index contributed by atoms with van der Waals surface area (Å²) in [6.07, 6.45) is 6.53. The summed E-state index contributed by atoms with van der Waals surface area (Å²) in [5.74, 6) is 1.13. The summed E-state index contributed by atoms with van der Waals surface area (Å²) in [7, 11) is 0. The maximum absolute atomic E-state index is 12.9. The van der Waals surface area contributed by atoms with Crippen LogP contribution in [0, 0.1) is 0 Å². The molecule has 1 aromatic carbocycles. The van der Waals surface area contributed by atoms with Crippen LogP contribution in [-0.2, 0) is 5.75 Å². The lowest BCUT2D eigenvalue weighted by Crippen LogP contribution is -2.33. The molecule has 136 valence electrons. The van der Waals surface area contributed by atoms with Gasteiger partial charge in [-0.05, 0) is 25.8 Å². The van der Waals surface area contributed by atoms with E-state index < -0.39 is 0 Å². The van der Waals surface area contributed by atoms with Crippen molar-refractivity contribution in [1.29, 1.82) is 0 Å². The van der Waals surface area contributed by atoms with Crippen molar-refractivity contribution >= 4 is 28.6 Å². The zero-order chi connectivity index (χ0) is 17.6. The lowest BCUT2D eigenvalue weighted by Gasteiger charge is -2.21. The Bertz CT molecular complexity index is 706. The van der Waals surface area contributed by atoms with E-state index in [9.17, 15) is 9.90 Å². The number of amides is 1. The molecule has 1 N–H and O–H groups in total. The highest BCUT2D eigenvalue weighted by molar-refractivity contribution is 7.99. The van der Waals surface area contributed by atoms with Gasteiger partial charge in [0.05, 0.1) is 6.61 Å². The predicted molar refractivity (Wildman–Crippen MR) is 103 cm³/mol. The van der Waals surface area contributed by atoms with Gasteiger partial charge in [0, 0.05) is 35.0 Å². The van der Waals surface area contributed by atoms with E-state index in [1.54, 1.807) is 4.90 Å². The van der Waals surface area contributed by atoms with E-state index in [-0.39, 0.29) is 12.5 Å². The van der Waals surface area contributed by atoms with Crippen LogP contribution in [-0.4, -0.2) is 40.9 Å². The lowest BCUT2D eigenvalue weighted by molar-refractivity contribution is 0.0701. The molecular formula is C20H27NO3S. The van der Waals surface area contributed by atoms with Crippen molar-refractivity contribution in [3.05, 3.63) is 35.6 Å². The van der Waals surface area contributed by atoms with E-state index in [0.717, 1.165) is 22.3 Å². The number of hydrogen-bond donors (Lipinski definition) is 1. The molecule has 1 heterocycles. The summed E-state index contributed by atoms with van der Waals surface area (Å²) in [4.78, 5) is 14.6. The van der Waals surface area contributed by atoms with Crippen molar-refractivity contribution in [2.75, 3.05) is 19.7 Å². The van der Waals surface area contributed by atoms with E-state index in [2.05, 4.69) is 0 Å². The van der Waals surface area contributed by atoms with Crippen LogP contribution in [0.25, 0.3) is 11.0 Å². The number of thioether (sulfide) groups is 1. The minimum atomic E-state index is -0.119. The number of likely N-dealkylation sites (N-methyl/N-ethyl adjacent to an activating group) is 1. The van der Waals surface area contributed by atoms with Crippen molar-refractivity contribution in [1.82, 2.24) is 4.90 Å². The predicted octanol–water partition coefficient (Wildman–Crippen LogP) is 4.45. The normalized spacial score (nSPS) is 15.6. The Morgan fingerprint density at radius 3 is 2.76 bits per heavy atom. The molecule has 3 rings (SSSR count). The number of carbonyl (C=O) groups excluding carboxylic acids is 1. The molecule has 0 radical (unpaired) electrons. The average Bonchev–Trinajstić information content (AvgIpc) is 3.03. The Morgan fingerprint density at radius 1 is 1.28 bits per heavy atom. The van der Waals surface area contributed by atoms with Gasteiger partial charge in [-0.3, -0.25) is 4.79 Å². The second-order valence-corrected chi connectivity index (χ2v) is 7.87. The van der Waals surface area contributed by atoms with Crippen LogP contribution in [0.15, 0.2) is 28.7 Å². The van der Waals surface area contributed by atoms with Crippen LogP contribution in [0.4, 0.5) is 0 Å². The van der Waals surface area contributed by atoms with Gasteiger partial charge in [-0.25, -0.2) is 0 Å². The topological polar surface area (TPSA) is 53.7 Å². The molecule has 0 atom stereocenters. The molecule has 2 aromatic rings. The smallest absolute Gasteiger partial charge is 0.290 e. The van der Waals surface area contributed by atoms with E-state index >= 15 is 0 Å². The standard InChI is InChI=1S/C20H27NO3S/c1-2-21(12-13-22)20(23)19-17(14-25-15-8-4-3-5-9-15)16-10-6-7-11-18(16)24-19/h6-7,10-11,15,22H,2-5,8-9,12-14H2,1H3. The van der Waals surface area contributed by atoms with Crippen molar-refractivity contribution in [3.8, 4) is 0 Å². The molecule has 1 aliphatic rings. The third-order valence-electron chi connectivity index (χ3n) is 4.95. The number of aliphatic hydroxyl groups excluding tert-OH is 1. The van der Waals surface area contributed by atoms with Gasteiger partial charge in [0.2, 0.25) is 0 Å². The van der Waals surface area contributed by atoms with Crippen LogP contribution < -0.4 is 0 Å². The Labute approximate surface area is 153 Å². The van der Waals surface area contributed by atoms with Gasteiger partial charge in [0.25, 0.3) is 5.91 Å². The summed E-state index contributed by atoms with van der Waals surface area (Å²) >= 11 is 1.95. The number of benzene rings is 1. The number of carbonyl (C=O) groups is 1. The van der Waals surface area contributed by atoms with Crippen LogP contribution in [0.1, 0.15) is 55.1 Å². The van der Waals surface area contributed by atoms with Gasteiger partial charge in [-0.15, -0.1) is 0 Å². The SMILES string of the molecule is CCN(CCO)C(=O)c1oc2ccccc2c1CSC1CCCCC1. The first-order valence-electron chi connectivity index (χ1n) is 9.26. The molecular weight excluding hydrogens is 334 g/mol. The quantitative estimate of drug-likeness (QED) is 0.791. The molecule has 0 unspecified atom stereocenters. The van der Waals surface area contributed by atoms with Gasteiger partial charge in [-0.2, -0.15) is 11.8 Å². The van der Waals surface area contributed by atoms with Gasteiger partial charge in [0.1, 0.15) is 5.58 Å². The minimum absolute atomic E-state index is 0.0357. The molecule has 0 aliphatic heterocycles. The first-order chi connectivity index (χ1) is 12.2. The molecule has 0 bridgehead atoms. The van der Waals surface area contributed by atoms with Crippen LogP contribution >= 0.6 is 11.8 Å². The maximum Gasteiger partial charge on any atom is 0.290 e. The molecule has 1 amide bonds. The highest BCUT2D eigenvalue weighted by atomic mass is 32.2. The molecule has 1 fully saturated rings. The molecule has 0 saturated heterocycles. The minimum Gasteiger partial charge on any atom is -0.451 e. The Hall–Kier alpha value is -1.46. The molecule has 5 heteroatoms. The van der Waals surface area contributed by atoms with Gasteiger partial charge < -0.3 is 14.4 Å². The Kier molecular flexibility index (Phi) is 6.43. The monoisotopic (exact) mass is 361 g/mol. The Morgan fingerprint density at radius 2 is 2.04 bits per heavy atom. The molecule has 25 heavy (non-hydrogen) atoms. The van der Waals surface area contributed by atoms with Crippen LogP contribution in [0.2, 0.25) is 0 Å². The summed E-state index contributed by atoms with van der Waals surface area (Å²) in [5, 5.41) is 10.9. The molecule has 4 nitrogen and oxygen atoms in total. The molecule has 1 aliphatic carbocycles. The zero-order valence-corrected chi connectivity index (χ0v) is 15.7. The second-order valence-electron chi connectivity index (χ2n) is 6.59. The van der Waals surface area contributed by atoms with Gasteiger partial charge in [0.15, 0.2) is 5.76 Å². The molecule has 0 spiro atoms. The van der Waals surface area contributed by atoms with Crippen molar-refractivity contribution < 1.29 is 14.3 Å². The maximum atomic E-state index is 12.9. The highest BCUT2D eigenvalue weighted by Gasteiger charge is 2.25. The number of para-hydroxylation sites is 1. The zero-order valence-electron chi connectivity index (χ0n) is 14.9. The summed E-state index contributed by atoms with van der Waals surface area (Å²) in [5.41, 5.74) is 1.78. The number of aliphatic hydroxyl groups is 1. The molecule has 1 saturated carbocycles. The number of furan rings is 1. The fourth-order valence-electron chi connectivity index (χ4n) is 3.52. The van der Waals surface area contributed by atoms with E-state index in [4.69, 9.17) is 4.42 Å². The van der Waals surface area contributed by atoms with E-state index in [1.165, 1.54) is 32.1 Å². The van der Waals surface area contributed by atoms with Crippen LogP contribution in [0.3, 0.4) is 0 Å². The fraction of sp³-hybridized carbons (Fsp3) is 0.550. The first kappa shape index (κ1) is 18.3. The van der Waals surface area contributed by atoms with E-state index in [1.807, 2.05) is 43.0 Å². The third-order valence-corrected chi connectivity index (χ3v) is 6.35. The van der Waals surface area contributed by atoms with Crippen molar-refractivity contribution in [3.63, 3.8) is 0 Å². The lowest BCUT2D eigenvalue weighted by atomic mass is 10.0. The van der Waals surface area contributed by atoms with Gasteiger partial charge >= 0.3 is 0 Å². The summed E-state index contributed by atoms with van der Waals surface area (Å²) in [6.45, 7) is 2.78. The number of hydrogen-bond acceptors (Lipinski definition) is 4. The Balaban J connectivity index is 1.87. The average molecular weight is 362 g/mol. The largest absolute Gasteiger partial charge is 0.451 e. The van der Waals surface area contributed by atoms with E-state index in [0.29, 0.717) is 24.1 Å². The number of rotatable bonds is 7. The fourth-order valence-corrected chi connectivity index (χ4v) is 4.87. The second kappa shape index (κ2) is 8.77. The summed E-state index contributed by atoms with van der Waals surface area (Å²) < 4.78 is 5.94. The van der Waals surface area contributed by atoms with Crippen molar-refractivity contribution in [2.24, 2.45) is 0 Å². The first-order valence-corrected chi connectivity index (χ1v) is 10.3. The highest BCUT2D eigenvalue weighted by Crippen LogP contribution is 2.35. The van der Waals surface area contributed by atoms with Crippen LogP contribution in [0.5, 0.6) is 0 Å². The van der Waals surface area contributed by atoms with Gasteiger partial charge in [-0.1, -0.05) is 37.5 Å². The van der Waals surface area contributed by atoms with Crippen molar-refractivity contribution in [2.45, 2.75) is 50.0 Å². The number of nitrogens with zero attached hydrogens (tertiary/aromatic N) is 1. The molecule has 1 aromatic heterocycles. The summed E-state index contributed by atoms with van der Waals surface area (Å²) in [6, 6.07) is 7.88. The third kappa shape index (κ3) is 4.21. The number of fused-ring (bicyclic) bond motifs is 1.